The van der Waals surface area contributed by atoms with Crippen molar-refractivity contribution in [1.29, 1.82) is 0 Å². The molecule has 6 unspecified atom stereocenters. The third-order valence-corrected chi connectivity index (χ3v) is 13.2. The van der Waals surface area contributed by atoms with E-state index in [4.69, 9.17) is 5.21 Å². The van der Waals surface area contributed by atoms with E-state index in [0.29, 0.717) is 65.6 Å². The minimum atomic E-state index is -0.585. The Morgan fingerprint density at radius 2 is 1.40 bits per heavy atom. The van der Waals surface area contributed by atoms with Gasteiger partial charge in [0.1, 0.15) is 0 Å². The SMILES string of the molecule is CC12CCC3C(C(O)C[C@@H]4CCCC[C@]34C)C1CCC2CCCC(=O)NCc1ccc(C(=O)NCc2ccc(C(=O)NO)cc2)cc1. The number of hydrogen-bond donors (Lipinski definition) is 5. The van der Waals surface area contributed by atoms with Crippen LogP contribution < -0.4 is 16.1 Å². The molecule has 4 aliphatic rings. The van der Waals surface area contributed by atoms with Gasteiger partial charge >= 0.3 is 0 Å². The number of aliphatic hydroxyl groups excluding tert-OH is 1. The summed E-state index contributed by atoms with van der Waals surface area (Å²) in [5, 5.41) is 26.1. The van der Waals surface area contributed by atoms with E-state index in [1.165, 1.54) is 51.4 Å². The molecule has 3 amide bonds. The van der Waals surface area contributed by atoms with Gasteiger partial charge < -0.3 is 15.7 Å². The van der Waals surface area contributed by atoms with Gasteiger partial charge in [-0.1, -0.05) is 51.0 Å². The maximum absolute atomic E-state index is 12.8. The van der Waals surface area contributed by atoms with E-state index in [0.717, 1.165) is 30.4 Å². The summed E-state index contributed by atoms with van der Waals surface area (Å²) < 4.78 is 0. The first kappa shape index (κ1) is 33.7. The van der Waals surface area contributed by atoms with Crippen molar-refractivity contribution in [3.05, 3.63) is 70.8 Å². The van der Waals surface area contributed by atoms with E-state index in [2.05, 4.69) is 24.5 Å². The minimum absolute atomic E-state index is 0.0664. The minimum Gasteiger partial charge on any atom is -0.393 e. The van der Waals surface area contributed by atoms with Crippen LogP contribution in [0, 0.1) is 40.4 Å². The quantitative estimate of drug-likeness (QED) is 0.148. The molecule has 0 spiro atoms. The fraction of sp³-hybridized carbons (Fsp3) is 0.615. The molecule has 0 aliphatic heterocycles. The molecule has 254 valence electrons. The van der Waals surface area contributed by atoms with Crippen molar-refractivity contribution in [2.45, 2.75) is 110 Å². The Labute approximate surface area is 279 Å². The molecule has 8 nitrogen and oxygen atoms in total. The lowest BCUT2D eigenvalue weighted by Crippen LogP contribution is -2.57. The van der Waals surface area contributed by atoms with E-state index < -0.39 is 5.91 Å². The summed E-state index contributed by atoms with van der Waals surface area (Å²) in [6, 6.07) is 13.9. The summed E-state index contributed by atoms with van der Waals surface area (Å²) in [6.07, 6.45) is 13.7. The van der Waals surface area contributed by atoms with Gasteiger partial charge in [-0.05, 0) is 134 Å². The van der Waals surface area contributed by atoms with Crippen LogP contribution in [0.5, 0.6) is 0 Å². The van der Waals surface area contributed by atoms with Crippen LogP contribution in [0.4, 0.5) is 0 Å². The van der Waals surface area contributed by atoms with Crippen molar-refractivity contribution in [3.63, 3.8) is 0 Å². The lowest BCUT2D eigenvalue weighted by atomic mass is 9.44. The van der Waals surface area contributed by atoms with Gasteiger partial charge in [0.05, 0.1) is 6.10 Å². The normalized spacial score (nSPS) is 32.8. The molecule has 2 aromatic rings. The summed E-state index contributed by atoms with van der Waals surface area (Å²) in [4.78, 5) is 36.9. The van der Waals surface area contributed by atoms with Crippen LogP contribution in [0.15, 0.2) is 48.5 Å². The van der Waals surface area contributed by atoms with Gasteiger partial charge in [0.25, 0.3) is 11.8 Å². The zero-order chi connectivity index (χ0) is 33.2. The molecule has 4 fully saturated rings. The number of benzene rings is 2. The molecule has 0 heterocycles. The number of carbonyl (C=O) groups is 3. The van der Waals surface area contributed by atoms with Crippen molar-refractivity contribution >= 4 is 17.7 Å². The van der Waals surface area contributed by atoms with Crippen LogP contribution in [-0.2, 0) is 17.9 Å². The molecule has 0 bridgehead atoms. The van der Waals surface area contributed by atoms with Crippen LogP contribution in [0.2, 0.25) is 0 Å². The molecular weight excluding hydrogens is 590 g/mol. The van der Waals surface area contributed by atoms with E-state index in [9.17, 15) is 19.5 Å². The lowest BCUT2D eigenvalue weighted by Gasteiger charge is -2.62. The summed E-state index contributed by atoms with van der Waals surface area (Å²) in [5.74, 6) is 2.37. The van der Waals surface area contributed by atoms with Crippen LogP contribution in [-0.4, -0.2) is 34.1 Å². The summed E-state index contributed by atoms with van der Waals surface area (Å²) in [6.45, 7) is 5.81. The standard InChI is InChI=1S/C39H53N3O5/c1-38-20-4-3-6-30(38)22-33(43)35-31-18-17-29(39(31,2)21-19-32(35)38)7-5-8-34(44)40-23-25-9-13-27(14-10-25)36(45)41-24-26-11-15-28(16-12-26)37(46)42-47/h9-16,29-33,35,43,47H,3-8,17-24H2,1-2H3,(H,40,44)(H,41,45)(H,42,46)/t29?,30-,31?,32?,33?,35?,38-,39?/m0/s1. The Balaban J connectivity index is 0.929. The molecule has 0 saturated heterocycles. The third kappa shape index (κ3) is 6.86. The first-order chi connectivity index (χ1) is 22.6. The number of hydroxylamine groups is 1. The van der Waals surface area contributed by atoms with E-state index in [-0.39, 0.29) is 23.3 Å². The molecule has 0 radical (unpaired) electrons. The highest BCUT2D eigenvalue weighted by atomic mass is 16.5. The number of aliphatic hydroxyl groups is 1. The average molecular weight is 644 g/mol. The monoisotopic (exact) mass is 643 g/mol. The summed E-state index contributed by atoms with van der Waals surface area (Å²) in [5.41, 5.74) is 4.93. The van der Waals surface area contributed by atoms with Gasteiger partial charge in [-0.15, -0.1) is 0 Å². The van der Waals surface area contributed by atoms with Gasteiger partial charge in [-0.25, -0.2) is 5.48 Å². The lowest BCUT2D eigenvalue weighted by molar-refractivity contribution is -0.162. The first-order valence-corrected chi connectivity index (χ1v) is 18.0. The second-order valence-corrected chi connectivity index (χ2v) is 15.5. The number of amides is 3. The zero-order valence-electron chi connectivity index (χ0n) is 28.1. The third-order valence-electron chi connectivity index (χ3n) is 13.2. The van der Waals surface area contributed by atoms with Crippen LogP contribution in [0.3, 0.4) is 0 Å². The average Bonchev–Trinajstić information content (AvgIpc) is 3.42. The maximum Gasteiger partial charge on any atom is 0.274 e. The Morgan fingerprint density at radius 1 is 0.766 bits per heavy atom. The topological polar surface area (TPSA) is 128 Å². The highest BCUT2D eigenvalue weighted by molar-refractivity contribution is 5.94. The van der Waals surface area contributed by atoms with Crippen molar-refractivity contribution in [3.8, 4) is 0 Å². The number of fused-ring (bicyclic) bond motifs is 5. The van der Waals surface area contributed by atoms with Crippen molar-refractivity contribution < 1.29 is 24.7 Å². The Kier molecular flexibility index (Phi) is 10.1. The highest BCUT2D eigenvalue weighted by Crippen LogP contribution is 2.67. The predicted octanol–water partition coefficient (Wildman–Crippen LogP) is 6.54. The molecule has 0 aromatic heterocycles. The number of carbonyl (C=O) groups excluding carboxylic acids is 3. The van der Waals surface area contributed by atoms with Crippen molar-refractivity contribution in [1.82, 2.24) is 16.1 Å². The van der Waals surface area contributed by atoms with E-state index in [1.807, 2.05) is 12.1 Å². The Morgan fingerprint density at radius 3 is 2.09 bits per heavy atom. The summed E-state index contributed by atoms with van der Waals surface area (Å²) >= 11 is 0. The van der Waals surface area contributed by atoms with Crippen LogP contribution in [0.1, 0.15) is 123 Å². The van der Waals surface area contributed by atoms with Gasteiger partial charge in [0.2, 0.25) is 5.91 Å². The molecule has 47 heavy (non-hydrogen) atoms. The molecule has 4 saturated carbocycles. The Bertz CT molecular complexity index is 1430. The zero-order valence-corrected chi connectivity index (χ0v) is 28.1. The molecular formula is C39H53N3O5. The van der Waals surface area contributed by atoms with Crippen molar-refractivity contribution in [2.75, 3.05) is 0 Å². The van der Waals surface area contributed by atoms with Gasteiger partial charge in [0.15, 0.2) is 0 Å². The van der Waals surface area contributed by atoms with Crippen LogP contribution >= 0.6 is 0 Å². The molecule has 8 atom stereocenters. The second-order valence-electron chi connectivity index (χ2n) is 15.5. The second kappa shape index (κ2) is 14.1. The molecule has 4 aliphatic carbocycles. The molecule has 5 N–H and O–H groups in total. The number of hydrogen-bond acceptors (Lipinski definition) is 5. The van der Waals surface area contributed by atoms with E-state index >= 15 is 0 Å². The number of rotatable bonds is 10. The molecule has 6 rings (SSSR count). The van der Waals surface area contributed by atoms with Gasteiger partial charge in [0, 0.05) is 30.6 Å². The molecule has 8 heteroatoms. The number of nitrogens with one attached hydrogen (secondary N) is 3. The smallest absolute Gasteiger partial charge is 0.274 e. The van der Waals surface area contributed by atoms with Crippen LogP contribution in [0.25, 0.3) is 0 Å². The molecule has 2 aromatic carbocycles. The highest BCUT2D eigenvalue weighted by Gasteiger charge is 2.61. The van der Waals surface area contributed by atoms with E-state index in [1.54, 1.807) is 41.9 Å². The largest absolute Gasteiger partial charge is 0.393 e. The van der Waals surface area contributed by atoms with Gasteiger partial charge in [-0.3, -0.25) is 19.6 Å². The van der Waals surface area contributed by atoms with Gasteiger partial charge in [-0.2, -0.15) is 0 Å². The Hall–Kier alpha value is -3.23. The summed E-state index contributed by atoms with van der Waals surface area (Å²) in [7, 11) is 0. The van der Waals surface area contributed by atoms with Crippen molar-refractivity contribution in [2.24, 2.45) is 40.4 Å². The maximum atomic E-state index is 12.8. The fourth-order valence-corrected chi connectivity index (χ4v) is 10.5. The predicted molar refractivity (Wildman–Crippen MR) is 180 cm³/mol. The fourth-order valence-electron chi connectivity index (χ4n) is 10.5. The first-order valence-electron chi connectivity index (χ1n) is 18.0.